The standard InChI is InChI=1S/C26H23FN4O4S/c27-21-6-3-15-29-24(21)26(33)12-16-31(17-13-26)25(32)19-8-10-20(11-9-19)30-36(34,35)22-7-1-4-18-5-2-14-28-23(18)22/h1-11,14-15,30,33H,12-13,16-17H2. The molecule has 1 saturated heterocycles. The molecule has 0 spiro atoms. The van der Waals surface area contributed by atoms with E-state index >= 15 is 0 Å². The number of halogens is 1. The number of carbonyl (C=O) groups is 1. The van der Waals surface area contributed by atoms with E-state index in [9.17, 15) is 22.7 Å². The van der Waals surface area contributed by atoms with Gasteiger partial charge in [0.25, 0.3) is 15.9 Å². The number of para-hydroxylation sites is 1. The number of hydrogen-bond acceptors (Lipinski definition) is 6. The molecule has 0 unspecified atom stereocenters. The lowest BCUT2D eigenvalue weighted by Crippen LogP contribution is -2.45. The van der Waals surface area contributed by atoms with Gasteiger partial charge in [0.2, 0.25) is 0 Å². The number of pyridine rings is 2. The summed E-state index contributed by atoms with van der Waals surface area (Å²) >= 11 is 0. The highest BCUT2D eigenvalue weighted by Crippen LogP contribution is 2.33. The third-order valence-electron chi connectivity index (χ3n) is 6.35. The van der Waals surface area contributed by atoms with Gasteiger partial charge in [-0.2, -0.15) is 0 Å². The number of nitrogens with one attached hydrogen (secondary N) is 1. The summed E-state index contributed by atoms with van der Waals surface area (Å²) < 4.78 is 42.7. The quantitative estimate of drug-likeness (QED) is 0.427. The van der Waals surface area contributed by atoms with Crippen molar-refractivity contribution in [2.45, 2.75) is 23.3 Å². The van der Waals surface area contributed by atoms with Crippen LogP contribution in [0.1, 0.15) is 28.9 Å². The van der Waals surface area contributed by atoms with E-state index < -0.39 is 21.4 Å². The van der Waals surface area contributed by atoms with E-state index in [1.54, 1.807) is 41.3 Å². The number of rotatable bonds is 5. The van der Waals surface area contributed by atoms with Crippen molar-refractivity contribution in [1.82, 2.24) is 14.9 Å². The highest BCUT2D eigenvalue weighted by Gasteiger charge is 2.38. The lowest BCUT2D eigenvalue weighted by Gasteiger charge is -2.37. The number of nitrogens with zero attached hydrogens (tertiary/aromatic N) is 3. The van der Waals surface area contributed by atoms with Crippen LogP contribution in [0, 0.1) is 5.82 Å². The largest absolute Gasteiger partial charge is 0.383 e. The molecule has 1 fully saturated rings. The first-order valence-corrected chi connectivity index (χ1v) is 12.8. The van der Waals surface area contributed by atoms with Crippen molar-refractivity contribution >= 4 is 32.5 Å². The monoisotopic (exact) mass is 506 g/mol. The zero-order valence-electron chi connectivity index (χ0n) is 19.1. The van der Waals surface area contributed by atoms with Crippen molar-refractivity contribution in [3.05, 3.63) is 96.2 Å². The van der Waals surface area contributed by atoms with Crippen molar-refractivity contribution in [3.8, 4) is 0 Å². The molecular weight excluding hydrogens is 483 g/mol. The topological polar surface area (TPSA) is 112 Å². The van der Waals surface area contributed by atoms with E-state index in [4.69, 9.17) is 0 Å². The van der Waals surface area contributed by atoms with Crippen LogP contribution < -0.4 is 4.72 Å². The van der Waals surface area contributed by atoms with Gasteiger partial charge in [0.15, 0.2) is 0 Å². The Bertz CT molecular complexity index is 1530. The lowest BCUT2D eigenvalue weighted by atomic mass is 9.87. The number of sulfonamides is 1. The van der Waals surface area contributed by atoms with E-state index in [-0.39, 0.29) is 42.4 Å². The van der Waals surface area contributed by atoms with Crippen molar-refractivity contribution in [3.63, 3.8) is 0 Å². The zero-order valence-corrected chi connectivity index (χ0v) is 20.0. The van der Waals surface area contributed by atoms with Gasteiger partial charge in [-0.05, 0) is 61.4 Å². The molecule has 0 aliphatic carbocycles. The average molecular weight is 507 g/mol. The molecule has 1 amide bonds. The van der Waals surface area contributed by atoms with Crippen LogP contribution in [0.15, 0.2) is 84.0 Å². The predicted molar refractivity (Wildman–Crippen MR) is 132 cm³/mol. The molecule has 1 aliphatic heterocycles. The Labute approximate surface area is 207 Å². The number of fused-ring (bicyclic) bond motifs is 1. The third kappa shape index (κ3) is 4.52. The number of carbonyl (C=O) groups excluding carboxylic acids is 1. The van der Waals surface area contributed by atoms with Gasteiger partial charge in [-0.1, -0.05) is 18.2 Å². The molecule has 8 nitrogen and oxygen atoms in total. The summed E-state index contributed by atoms with van der Waals surface area (Å²) in [6.45, 7) is 0.460. The van der Waals surface area contributed by atoms with Crippen LogP contribution in [-0.4, -0.2) is 47.4 Å². The minimum Gasteiger partial charge on any atom is -0.383 e. The fraction of sp³-hybridized carbons (Fsp3) is 0.192. The van der Waals surface area contributed by atoms with Gasteiger partial charge in [-0.25, -0.2) is 12.8 Å². The van der Waals surface area contributed by atoms with Crippen LogP contribution >= 0.6 is 0 Å². The summed E-state index contributed by atoms with van der Waals surface area (Å²) in [5, 5.41) is 11.6. The lowest BCUT2D eigenvalue weighted by molar-refractivity contribution is -0.0270. The number of likely N-dealkylation sites (tertiary alicyclic amines) is 1. The van der Waals surface area contributed by atoms with Crippen molar-refractivity contribution in [2.75, 3.05) is 17.8 Å². The first-order valence-electron chi connectivity index (χ1n) is 11.4. The van der Waals surface area contributed by atoms with Gasteiger partial charge < -0.3 is 10.0 Å². The zero-order chi connectivity index (χ0) is 25.3. The molecular formula is C26H23FN4O4S. The minimum atomic E-state index is -3.91. The number of aliphatic hydroxyl groups is 1. The molecule has 0 atom stereocenters. The van der Waals surface area contributed by atoms with Crippen molar-refractivity contribution in [1.29, 1.82) is 0 Å². The Morgan fingerprint density at radius 3 is 2.33 bits per heavy atom. The van der Waals surface area contributed by atoms with Gasteiger partial charge in [-0.15, -0.1) is 0 Å². The van der Waals surface area contributed by atoms with Gasteiger partial charge in [-0.3, -0.25) is 19.5 Å². The Morgan fingerprint density at radius 1 is 0.944 bits per heavy atom. The maximum atomic E-state index is 14.1. The van der Waals surface area contributed by atoms with E-state index in [1.165, 1.54) is 42.7 Å². The van der Waals surface area contributed by atoms with Crippen LogP contribution in [-0.2, 0) is 15.6 Å². The van der Waals surface area contributed by atoms with Gasteiger partial charge >= 0.3 is 0 Å². The van der Waals surface area contributed by atoms with E-state index in [2.05, 4.69) is 14.7 Å². The fourth-order valence-electron chi connectivity index (χ4n) is 4.41. The summed E-state index contributed by atoms with van der Waals surface area (Å²) in [4.78, 5) is 22.8. The van der Waals surface area contributed by atoms with Crippen LogP contribution in [0.2, 0.25) is 0 Å². The van der Waals surface area contributed by atoms with E-state index in [0.29, 0.717) is 22.2 Å². The van der Waals surface area contributed by atoms with Crippen molar-refractivity contribution < 1.29 is 22.7 Å². The van der Waals surface area contributed by atoms with Gasteiger partial charge in [0.05, 0.1) is 5.52 Å². The Hall–Kier alpha value is -3.89. The summed E-state index contributed by atoms with van der Waals surface area (Å²) in [5.41, 5.74) is -0.386. The molecule has 4 aromatic rings. The maximum absolute atomic E-state index is 14.1. The molecule has 36 heavy (non-hydrogen) atoms. The highest BCUT2D eigenvalue weighted by molar-refractivity contribution is 7.93. The van der Waals surface area contributed by atoms with E-state index in [0.717, 1.165) is 0 Å². The second-order valence-electron chi connectivity index (χ2n) is 8.67. The predicted octanol–water partition coefficient (Wildman–Crippen LogP) is 3.69. The van der Waals surface area contributed by atoms with Crippen molar-refractivity contribution in [2.24, 2.45) is 0 Å². The number of piperidine rings is 1. The molecule has 5 rings (SSSR count). The molecule has 184 valence electrons. The fourth-order valence-corrected chi connectivity index (χ4v) is 5.65. The molecule has 0 saturated carbocycles. The Morgan fingerprint density at radius 2 is 1.61 bits per heavy atom. The summed E-state index contributed by atoms with van der Waals surface area (Å²) in [6, 6.07) is 17.3. The second-order valence-corrected chi connectivity index (χ2v) is 10.3. The molecule has 0 bridgehead atoms. The third-order valence-corrected chi connectivity index (χ3v) is 7.76. The van der Waals surface area contributed by atoms with Gasteiger partial charge in [0, 0.05) is 42.1 Å². The van der Waals surface area contributed by atoms with Crippen LogP contribution in [0.25, 0.3) is 10.9 Å². The molecule has 3 heterocycles. The Kier molecular flexibility index (Phi) is 6.15. The second kappa shape index (κ2) is 9.29. The van der Waals surface area contributed by atoms with E-state index in [1.807, 2.05) is 0 Å². The number of amides is 1. The minimum absolute atomic E-state index is 0.00451. The first kappa shape index (κ1) is 23.8. The molecule has 2 aromatic carbocycles. The van der Waals surface area contributed by atoms with Crippen LogP contribution in [0.3, 0.4) is 0 Å². The maximum Gasteiger partial charge on any atom is 0.264 e. The number of hydrogen-bond donors (Lipinski definition) is 2. The number of benzene rings is 2. The smallest absolute Gasteiger partial charge is 0.264 e. The van der Waals surface area contributed by atoms with Crippen LogP contribution in [0.5, 0.6) is 0 Å². The normalized spacial score (nSPS) is 15.6. The highest BCUT2D eigenvalue weighted by atomic mass is 32.2. The average Bonchev–Trinajstić information content (AvgIpc) is 2.89. The molecule has 0 radical (unpaired) electrons. The Balaban J connectivity index is 1.27. The summed E-state index contributed by atoms with van der Waals surface area (Å²) in [6.07, 6.45) is 3.28. The first-order chi connectivity index (χ1) is 17.3. The molecule has 10 heteroatoms. The number of anilines is 1. The summed E-state index contributed by atoms with van der Waals surface area (Å²) in [7, 11) is -3.91. The number of aromatic nitrogens is 2. The summed E-state index contributed by atoms with van der Waals surface area (Å²) in [5.74, 6) is -0.830. The molecule has 2 aromatic heterocycles. The SMILES string of the molecule is O=C(c1ccc(NS(=O)(=O)c2cccc3cccnc23)cc1)N1CCC(O)(c2ncccc2F)CC1. The van der Waals surface area contributed by atoms with Gasteiger partial charge in [0.1, 0.15) is 22.0 Å². The molecule has 2 N–H and O–H groups in total. The molecule has 1 aliphatic rings. The van der Waals surface area contributed by atoms with Crippen LogP contribution in [0.4, 0.5) is 10.1 Å².